The molecular weight excluding hydrogens is 412 g/mol. The molecule has 4 rings (SSSR count). The fourth-order valence-electron chi connectivity index (χ4n) is 3.09. The van der Waals surface area contributed by atoms with Crippen molar-refractivity contribution in [3.8, 4) is 0 Å². The van der Waals surface area contributed by atoms with E-state index in [1.165, 1.54) is 16.0 Å². The van der Waals surface area contributed by atoms with Crippen LogP contribution in [0.25, 0.3) is 6.08 Å². The zero-order chi connectivity index (χ0) is 21.7. The van der Waals surface area contributed by atoms with Crippen molar-refractivity contribution < 1.29 is 17.6 Å². The third kappa shape index (κ3) is 5.93. The van der Waals surface area contributed by atoms with Crippen molar-refractivity contribution in [3.63, 3.8) is 0 Å². The summed E-state index contributed by atoms with van der Waals surface area (Å²) in [5.74, 6) is 0.456. The maximum Gasteiger partial charge on any atom is 0.251 e. The Morgan fingerprint density at radius 2 is 1.74 bits per heavy atom. The lowest BCUT2D eigenvalue weighted by atomic mass is 10.1. The van der Waals surface area contributed by atoms with Gasteiger partial charge in [-0.05, 0) is 54.3 Å². The second kappa shape index (κ2) is 9.32. The first-order valence-corrected chi connectivity index (χ1v) is 11.7. The number of carbonyl (C=O) groups excluding carboxylic acids is 1. The van der Waals surface area contributed by atoms with E-state index >= 15 is 0 Å². The van der Waals surface area contributed by atoms with Crippen molar-refractivity contribution in [3.05, 3.63) is 101 Å². The van der Waals surface area contributed by atoms with Gasteiger partial charge >= 0.3 is 0 Å². The molecule has 1 saturated carbocycles. The zero-order valence-electron chi connectivity index (χ0n) is 17.0. The smallest absolute Gasteiger partial charge is 0.251 e. The summed E-state index contributed by atoms with van der Waals surface area (Å²) in [5, 5.41) is 4.16. The Morgan fingerprint density at radius 3 is 2.39 bits per heavy atom. The summed E-state index contributed by atoms with van der Waals surface area (Å²) in [6.45, 7) is 0.269. The summed E-state index contributed by atoms with van der Waals surface area (Å²) < 4.78 is 32.9. The molecule has 6 nitrogen and oxygen atoms in total. The van der Waals surface area contributed by atoms with Gasteiger partial charge in [0.05, 0.1) is 12.8 Å². The van der Waals surface area contributed by atoms with Gasteiger partial charge in [0.25, 0.3) is 5.91 Å². The SMILES string of the molecule is O=C(NC1CC1)c1ccc(CN(Cc2ccco2)S(=O)(=O)C=Cc2ccccc2)cc1. The normalized spacial score (nSPS) is 14.2. The van der Waals surface area contributed by atoms with Gasteiger partial charge in [-0.3, -0.25) is 4.79 Å². The maximum atomic E-state index is 13.1. The van der Waals surface area contributed by atoms with Crippen molar-refractivity contribution in [2.24, 2.45) is 0 Å². The fraction of sp³-hybridized carbons (Fsp3) is 0.208. The van der Waals surface area contributed by atoms with E-state index in [0.717, 1.165) is 24.0 Å². The van der Waals surface area contributed by atoms with Crippen molar-refractivity contribution in [2.45, 2.75) is 32.0 Å². The van der Waals surface area contributed by atoms with Gasteiger partial charge in [0.2, 0.25) is 10.0 Å². The highest BCUT2D eigenvalue weighted by Crippen LogP contribution is 2.20. The standard InChI is InChI=1S/C24H24N2O4S/c27-24(25-22-12-13-22)21-10-8-20(9-11-21)17-26(18-23-7-4-15-30-23)31(28,29)16-14-19-5-2-1-3-6-19/h1-11,14-16,22H,12-13,17-18H2,(H,25,27). The van der Waals surface area contributed by atoms with Crippen LogP contribution in [0.4, 0.5) is 0 Å². The topological polar surface area (TPSA) is 79.6 Å². The molecule has 160 valence electrons. The summed E-state index contributed by atoms with van der Waals surface area (Å²) in [4.78, 5) is 12.2. The Hall–Kier alpha value is -3.16. The Labute approximate surface area is 182 Å². The number of furan rings is 1. The van der Waals surface area contributed by atoms with Crippen molar-refractivity contribution >= 4 is 22.0 Å². The van der Waals surface area contributed by atoms with Crippen molar-refractivity contribution in [1.82, 2.24) is 9.62 Å². The van der Waals surface area contributed by atoms with Crippen LogP contribution >= 0.6 is 0 Å². The molecule has 1 fully saturated rings. The van der Waals surface area contributed by atoms with E-state index in [9.17, 15) is 13.2 Å². The number of nitrogens with zero attached hydrogens (tertiary/aromatic N) is 1. The summed E-state index contributed by atoms with van der Waals surface area (Å²) in [5.41, 5.74) is 2.15. The zero-order valence-corrected chi connectivity index (χ0v) is 17.8. The molecule has 0 radical (unpaired) electrons. The van der Waals surface area contributed by atoms with Crippen LogP contribution in [0.15, 0.2) is 82.8 Å². The molecule has 31 heavy (non-hydrogen) atoms. The summed E-state index contributed by atoms with van der Waals surface area (Å²) in [6, 6.07) is 20.1. The summed E-state index contributed by atoms with van der Waals surface area (Å²) in [6.07, 6.45) is 5.16. The predicted molar refractivity (Wildman–Crippen MR) is 119 cm³/mol. The van der Waals surface area contributed by atoms with E-state index in [4.69, 9.17) is 4.42 Å². The monoisotopic (exact) mass is 436 g/mol. The highest BCUT2D eigenvalue weighted by atomic mass is 32.2. The highest BCUT2D eigenvalue weighted by Gasteiger charge is 2.24. The van der Waals surface area contributed by atoms with Gasteiger partial charge in [0.1, 0.15) is 5.76 Å². The van der Waals surface area contributed by atoms with Crippen LogP contribution in [-0.4, -0.2) is 24.7 Å². The molecule has 1 aliphatic carbocycles. The number of sulfonamides is 1. The number of benzene rings is 2. The van der Waals surface area contributed by atoms with Gasteiger partial charge in [-0.1, -0.05) is 42.5 Å². The first-order valence-electron chi connectivity index (χ1n) is 10.1. The Kier molecular flexibility index (Phi) is 6.34. The predicted octanol–water partition coefficient (Wildman–Crippen LogP) is 4.17. The van der Waals surface area contributed by atoms with Gasteiger partial charge < -0.3 is 9.73 Å². The van der Waals surface area contributed by atoms with Crippen LogP contribution in [0.1, 0.15) is 40.1 Å². The Morgan fingerprint density at radius 1 is 1.00 bits per heavy atom. The molecule has 7 heteroatoms. The molecule has 1 heterocycles. The lowest BCUT2D eigenvalue weighted by molar-refractivity contribution is 0.0951. The minimum Gasteiger partial charge on any atom is -0.468 e. The number of rotatable bonds is 9. The first kappa shape index (κ1) is 21.1. The lowest BCUT2D eigenvalue weighted by Gasteiger charge is -2.19. The Bertz CT molecular complexity index is 1130. The summed E-state index contributed by atoms with van der Waals surface area (Å²) in [7, 11) is -3.72. The molecule has 0 atom stereocenters. The molecule has 0 spiro atoms. The number of carbonyl (C=O) groups is 1. The van der Waals surface area contributed by atoms with Crippen molar-refractivity contribution in [2.75, 3.05) is 0 Å². The van der Waals surface area contributed by atoms with Gasteiger partial charge in [-0.15, -0.1) is 0 Å². The average molecular weight is 437 g/mol. The van der Waals surface area contributed by atoms with E-state index in [-0.39, 0.29) is 25.0 Å². The molecule has 3 aromatic rings. The van der Waals surface area contributed by atoms with Gasteiger partial charge in [-0.2, -0.15) is 4.31 Å². The van der Waals surface area contributed by atoms with Gasteiger partial charge in [-0.25, -0.2) is 8.42 Å². The van der Waals surface area contributed by atoms with Crippen LogP contribution in [0.2, 0.25) is 0 Å². The van der Waals surface area contributed by atoms with Gasteiger partial charge in [0, 0.05) is 23.6 Å². The molecule has 0 unspecified atom stereocenters. The molecule has 1 amide bonds. The van der Waals surface area contributed by atoms with Crippen LogP contribution in [0.5, 0.6) is 0 Å². The number of hydrogen-bond donors (Lipinski definition) is 1. The molecule has 2 aromatic carbocycles. The van der Waals surface area contributed by atoms with Crippen LogP contribution in [0, 0.1) is 0 Å². The minimum absolute atomic E-state index is 0.0973. The van der Waals surface area contributed by atoms with E-state index in [1.807, 2.05) is 30.3 Å². The number of nitrogens with one attached hydrogen (secondary N) is 1. The average Bonchev–Trinajstić information content (AvgIpc) is 3.44. The van der Waals surface area contributed by atoms with Crippen LogP contribution < -0.4 is 5.32 Å². The third-order valence-electron chi connectivity index (χ3n) is 4.99. The second-order valence-corrected chi connectivity index (χ2v) is 9.37. The second-order valence-electron chi connectivity index (χ2n) is 7.55. The molecule has 1 N–H and O–H groups in total. The molecule has 0 bridgehead atoms. The van der Waals surface area contributed by atoms with Crippen molar-refractivity contribution in [1.29, 1.82) is 0 Å². The molecule has 0 saturated heterocycles. The third-order valence-corrected chi connectivity index (χ3v) is 6.45. The van der Waals surface area contributed by atoms with E-state index in [2.05, 4.69) is 5.32 Å². The van der Waals surface area contributed by atoms with E-state index in [1.54, 1.807) is 42.5 Å². The largest absolute Gasteiger partial charge is 0.468 e. The molecule has 0 aliphatic heterocycles. The van der Waals surface area contributed by atoms with E-state index < -0.39 is 10.0 Å². The van der Waals surface area contributed by atoms with Crippen LogP contribution in [-0.2, 0) is 23.1 Å². The maximum absolute atomic E-state index is 13.1. The Balaban J connectivity index is 1.51. The van der Waals surface area contributed by atoms with Gasteiger partial charge in [0.15, 0.2) is 0 Å². The lowest BCUT2D eigenvalue weighted by Crippen LogP contribution is -2.28. The highest BCUT2D eigenvalue weighted by molar-refractivity contribution is 7.92. The first-order chi connectivity index (χ1) is 15.0. The molecule has 1 aromatic heterocycles. The van der Waals surface area contributed by atoms with Crippen LogP contribution in [0.3, 0.4) is 0 Å². The number of amides is 1. The fourth-order valence-corrected chi connectivity index (χ4v) is 4.23. The minimum atomic E-state index is -3.72. The molecular formula is C24H24N2O4S. The number of hydrogen-bond acceptors (Lipinski definition) is 4. The molecule has 1 aliphatic rings. The quantitative estimate of drug-likeness (QED) is 0.546. The van der Waals surface area contributed by atoms with E-state index in [0.29, 0.717) is 11.3 Å². The summed E-state index contributed by atoms with van der Waals surface area (Å²) >= 11 is 0.